The summed E-state index contributed by atoms with van der Waals surface area (Å²) in [6, 6.07) is 9.39. The lowest BCUT2D eigenvalue weighted by Crippen LogP contribution is -2.34. The number of carbonyl (C=O) groups excluding carboxylic acids is 1. The second kappa shape index (κ2) is 5.69. The lowest BCUT2D eigenvalue weighted by atomic mass is 10.2. The van der Waals surface area contributed by atoms with Gasteiger partial charge in [0.15, 0.2) is 5.82 Å². The van der Waals surface area contributed by atoms with E-state index in [9.17, 15) is 4.79 Å². The Hall–Kier alpha value is -2.15. The van der Waals surface area contributed by atoms with Crippen molar-refractivity contribution in [2.24, 2.45) is 5.10 Å². The van der Waals surface area contributed by atoms with Gasteiger partial charge in [0, 0.05) is 12.1 Å². The number of thioether (sulfide) groups is 1. The summed E-state index contributed by atoms with van der Waals surface area (Å²) in [6.07, 6.45) is 0.755. The summed E-state index contributed by atoms with van der Waals surface area (Å²) < 4.78 is 1.71. The molecule has 0 saturated carbocycles. The van der Waals surface area contributed by atoms with Crippen molar-refractivity contribution in [3.63, 3.8) is 0 Å². The number of benzene rings is 1. The van der Waals surface area contributed by atoms with E-state index in [4.69, 9.17) is 0 Å². The highest BCUT2D eigenvalue weighted by atomic mass is 32.2. The predicted octanol–water partition coefficient (Wildman–Crippen LogP) is 2.18. The Morgan fingerprint density at radius 1 is 1.33 bits per heavy atom. The number of amides is 1. The molecule has 1 aliphatic rings. The Morgan fingerprint density at radius 2 is 2.10 bits per heavy atom. The molecule has 21 heavy (non-hydrogen) atoms. The summed E-state index contributed by atoms with van der Waals surface area (Å²) in [5, 5.41) is 15.8. The SMILES string of the molecule is CCc1nnc2n1N=C(C)C(C(=O)Nc1ccccc1)S2. The average molecular weight is 301 g/mol. The molecule has 0 saturated heterocycles. The molecule has 1 aromatic heterocycles. The van der Waals surface area contributed by atoms with Gasteiger partial charge in [0.1, 0.15) is 5.25 Å². The molecule has 0 fully saturated rings. The molecule has 0 aliphatic carbocycles. The number of rotatable bonds is 3. The van der Waals surface area contributed by atoms with E-state index in [-0.39, 0.29) is 11.2 Å². The van der Waals surface area contributed by atoms with Gasteiger partial charge in [-0.2, -0.15) is 9.78 Å². The highest BCUT2D eigenvalue weighted by molar-refractivity contribution is 8.01. The minimum absolute atomic E-state index is 0.0975. The van der Waals surface area contributed by atoms with Gasteiger partial charge in [0.25, 0.3) is 0 Å². The van der Waals surface area contributed by atoms with Crippen molar-refractivity contribution >= 4 is 29.1 Å². The number of carbonyl (C=O) groups is 1. The van der Waals surface area contributed by atoms with E-state index in [1.807, 2.05) is 44.2 Å². The first-order valence-corrected chi connectivity index (χ1v) is 7.59. The van der Waals surface area contributed by atoms with Crippen LogP contribution < -0.4 is 5.32 Å². The Balaban J connectivity index is 1.80. The van der Waals surface area contributed by atoms with Crippen LogP contribution in [0.15, 0.2) is 40.6 Å². The first kappa shape index (κ1) is 13.8. The van der Waals surface area contributed by atoms with Gasteiger partial charge in [-0.3, -0.25) is 4.79 Å². The first-order chi connectivity index (χ1) is 10.2. The van der Waals surface area contributed by atoms with Crippen molar-refractivity contribution in [3.05, 3.63) is 36.2 Å². The Morgan fingerprint density at radius 3 is 2.81 bits per heavy atom. The first-order valence-electron chi connectivity index (χ1n) is 6.71. The predicted molar refractivity (Wildman–Crippen MR) is 82.6 cm³/mol. The lowest BCUT2D eigenvalue weighted by molar-refractivity contribution is -0.114. The number of nitrogens with zero attached hydrogens (tertiary/aromatic N) is 4. The molecular weight excluding hydrogens is 286 g/mol. The molecule has 3 rings (SSSR count). The number of fused-ring (bicyclic) bond motifs is 1. The summed E-state index contributed by atoms with van der Waals surface area (Å²) in [6.45, 7) is 3.85. The number of para-hydroxylation sites is 1. The lowest BCUT2D eigenvalue weighted by Gasteiger charge is -2.20. The van der Waals surface area contributed by atoms with Crippen molar-refractivity contribution < 1.29 is 4.79 Å². The van der Waals surface area contributed by atoms with Crippen molar-refractivity contribution in [3.8, 4) is 0 Å². The molecule has 0 radical (unpaired) electrons. The van der Waals surface area contributed by atoms with Crippen LogP contribution in [-0.2, 0) is 11.2 Å². The van der Waals surface area contributed by atoms with Crippen molar-refractivity contribution in [2.45, 2.75) is 30.7 Å². The zero-order valence-electron chi connectivity index (χ0n) is 11.8. The van der Waals surface area contributed by atoms with Gasteiger partial charge in [0.05, 0.1) is 5.71 Å². The smallest absolute Gasteiger partial charge is 0.243 e. The third-order valence-corrected chi connectivity index (χ3v) is 4.39. The fourth-order valence-electron chi connectivity index (χ4n) is 2.06. The molecule has 1 aliphatic heterocycles. The van der Waals surface area contributed by atoms with Crippen molar-refractivity contribution in [2.75, 3.05) is 5.32 Å². The van der Waals surface area contributed by atoms with Crippen LogP contribution in [0.25, 0.3) is 0 Å². The van der Waals surface area contributed by atoms with Gasteiger partial charge in [-0.05, 0) is 19.1 Å². The van der Waals surface area contributed by atoms with Gasteiger partial charge in [-0.1, -0.05) is 36.9 Å². The topological polar surface area (TPSA) is 72.2 Å². The van der Waals surface area contributed by atoms with E-state index >= 15 is 0 Å². The third-order valence-electron chi connectivity index (χ3n) is 3.13. The van der Waals surface area contributed by atoms with Gasteiger partial charge in [0.2, 0.25) is 11.1 Å². The molecule has 1 unspecified atom stereocenters. The fourth-order valence-corrected chi connectivity index (χ4v) is 2.99. The highest BCUT2D eigenvalue weighted by Crippen LogP contribution is 2.29. The molecule has 2 aromatic rings. The zero-order chi connectivity index (χ0) is 14.8. The minimum Gasteiger partial charge on any atom is -0.325 e. The Labute approximate surface area is 126 Å². The molecule has 0 spiro atoms. The quantitative estimate of drug-likeness (QED) is 0.943. The second-order valence-corrected chi connectivity index (χ2v) is 5.73. The van der Waals surface area contributed by atoms with E-state index in [2.05, 4.69) is 20.6 Å². The number of hydrogen-bond donors (Lipinski definition) is 1. The van der Waals surface area contributed by atoms with Crippen LogP contribution in [-0.4, -0.2) is 31.7 Å². The van der Waals surface area contributed by atoms with Crippen LogP contribution >= 0.6 is 11.8 Å². The van der Waals surface area contributed by atoms with Crippen LogP contribution in [0.2, 0.25) is 0 Å². The Bertz CT molecular complexity index is 695. The molecule has 108 valence electrons. The number of aryl methyl sites for hydroxylation is 1. The van der Waals surface area contributed by atoms with E-state index in [1.54, 1.807) is 4.68 Å². The summed E-state index contributed by atoms with van der Waals surface area (Å²) in [4.78, 5) is 12.4. The maximum Gasteiger partial charge on any atom is 0.243 e. The standard InChI is InChI=1S/C14H15N5OS/c1-3-11-16-17-14-19(11)18-9(2)12(21-14)13(20)15-10-7-5-4-6-8-10/h4-8,12H,3H2,1-2H3,(H,15,20). The maximum absolute atomic E-state index is 12.4. The van der Waals surface area contributed by atoms with Crippen LogP contribution in [0.5, 0.6) is 0 Å². The van der Waals surface area contributed by atoms with Crippen molar-refractivity contribution in [1.29, 1.82) is 0 Å². The molecule has 1 aromatic carbocycles. The van der Waals surface area contributed by atoms with Crippen LogP contribution in [0.1, 0.15) is 19.7 Å². The van der Waals surface area contributed by atoms with E-state index in [0.29, 0.717) is 5.16 Å². The van der Waals surface area contributed by atoms with E-state index in [0.717, 1.165) is 23.6 Å². The molecule has 6 nitrogen and oxygen atoms in total. The maximum atomic E-state index is 12.4. The zero-order valence-corrected chi connectivity index (χ0v) is 12.6. The largest absolute Gasteiger partial charge is 0.325 e. The molecular formula is C14H15N5OS. The summed E-state index contributed by atoms with van der Waals surface area (Å²) >= 11 is 1.38. The number of nitrogens with one attached hydrogen (secondary N) is 1. The second-order valence-electron chi connectivity index (χ2n) is 4.66. The van der Waals surface area contributed by atoms with Crippen molar-refractivity contribution in [1.82, 2.24) is 14.9 Å². The van der Waals surface area contributed by atoms with Gasteiger partial charge in [-0.15, -0.1) is 10.2 Å². The Kier molecular flexibility index (Phi) is 3.74. The fraction of sp³-hybridized carbons (Fsp3) is 0.286. The van der Waals surface area contributed by atoms with E-state index < -0.39 is 0 Å². The normalized spacial score (nSPS) is 17.0. The summed E-state index contributed by atoms with van der Waals surface area (Å²) in [5.74, 6) is 0.707. The van der Waals surface area contributed by atoms with Gasteiger partial charge in [-0.25, -0.2) is 0 Å². The molecule has 1 N–H and O–H groups in total. The summed E-state index contributed by atoms with van der Waals surface area (Å²) in [7, 11) is 0. The molecule has 1 amide bonds. The molecule has 0 bridgehead atoms. The molecule has 2 heterocycles. The molecule has 7 heteroatoms. The average Bonchev–Trinajstić information content (AvgIpc) is 2.89. The minimum atomic E-state index is -0.383. The monoisotopic (exact) mass is 301 g/mol. The molecule has 1 atom stereocenters. The summed E-state index contributed by atoms with van der Waals surface area (Å²) in [5.41, 5.74) is 1.52. The van der Waals surface area contributed by atoms with Gasteiger partial charge < -0.3 is 5.32 Å². The van der Waals surface area contributed by atoms with E-state index in [1.165, 1.54) is 11.8 Å². The number of anilines is 1. The van der Waals surface area contributed by atoms with Gasteiger partial charge >= 0.3 is 0 Å². The number of hydrogen-bond acceptors (Lipinski definition) is 5. The van der Waals surface area contributed by atoms with Crippen LogP contribution in [0, 0.1) is 0 Å². The highest BCUT2D eigenvalue weighted by Gasteiger charge is 2.30. The number of aromatic nitrogens is 3. The van der Waals surface area contributed by atoms with Crippen LogP contribution in [0.4, 0.5) is 5.69 Å². The van der Waals surface area contributed by atoms with Crippen LogP contribution in [0.3, 0.4) is 0 Å². The third kappa shape index (κ3) is 2.69.